The van der Waals surface area contributed by atoms with E-state index in [1.807, 2.05) is 0 Å². The van der Waals surface area contributed by atoms with Crippen molar-refractivity contribution in [3.63, 3.8) is 0 Å². The van der Waals surface area contributed by atoms with Crippen molar-refractivity contribution >= 4 is 11.9 Å². The monoisotopic (exact) mass is 197 g/mol. The standard InChI is InChI=1S/C8H7NO5/c1-2-3-13-8(12)5-4-6(7(10)11)14-9-5/h2,4H,1,3H2,(H,10,11). The fourth-order valence-electron chi connectivity index (χ4n) is 0.681. The molecular formula is C8H7NO5. The molecule has 0 aliphatic rings. The van der Waals surface area contributed by atoms with Crippen LogP contribution in [0.15, 0.2) is 23.2 Å². The van der Waals surface area contributed by atoms with Crippen molar-refractivity contribution in [1.82, 2.24) is 5.16 Å². The number of carbonyl (C=O) groups is 2. The van der Waals surface area contributed by atoms with Gasteiger partial charge in [-0.05, 0) is 0 Å². The highest BCUT2D eigenvalue weighted by atomic mass is 16.5. The van der Waals surface area contributed by atoms with E-state index in [0.29, 0.717) is 0 Å². The Morgan fingerprint density at radius 3 is 2.93 bits per heavy atom. The summed E-state index contributed by atoms with van der Waals surface area (Å²) >= 11 is 0. The number of hydrogen-bond donors (Lipinski definition) is 1. The van der Waals surface area contributed by atoms with Crippen LogP contribution in [0.4, 0.5) is 0 Å². The number of carbonyl (C=O) groups excluding carboxylic acids is 1. The van der Waals surface area contributed by atoms with Crippen molar-refractivity contribution in [2.24, 2.45) is 0 Å². The van der Waals surface area contributed by atoms with Crippen LogP contribution < -0.4 is 0 Å². The summed E-state index contributed by atoms with van der Waals surface area (Å²) in [7, 11) is 0. The van der Waals surface area contributed by atoms with Gasteiger partial charge in [0.25, 0.3) is 0 Å². The molecule has 0 saturated heterocycles. The van der Waals surface area contributed by atoms with Crippen LogP contribution in [-0.4, -0.2) is 28.8 Å². The first-order valence-electron chi connectivity index (χ1n) is 3.63. The lowest BCUT2D eigenvalue weighted by atomic mass is 10.4. The molecular weight excluding hydrogens is 190 g/mol. The van der Waals surface area contributed by atoms with Gasteiger partial charge in [-0.2, -0.15) is 0 Å². The molecule has 0 atom stereocenters. The van der Waals surface area contributed by atoms with Crippen LogP contribution >= 0.6 is 0 Å². The second-order valence-electron chi connectivity index (χ2n) is 2.27. The zero-order chi connectivity index (χ0) is 10.6. The number of nitrogens with zero attached hydrogens (tertiary/aromatic N) is 1. The number of carboxylic acid groups (broad SMARTS) is 1. The molecule has 1 N–H and O–H groups in total. The van der Waals surface area contributed by atoms with Crippen LogP contribution in [0.2, 0.25) is 0 Å². The molecule has 6 nitrogen and oxygen atoms in total. The minimum atomic E-state index is -1.29. The lowest BCUT2D eigenvalue weighted by molar-refractivity contribution is 0.0534. The summed E-state index contributed by atoms with van der Waals surface area (Å²) in [5.41, 5.74) is -0.177. The minimum Gasteiger partial charge on any atom is -0.475 e. The van der Waals surface area contributed by atoms with Gasteiger partial charge >= 0.3 is 11.9 Å². The quantitative estimate of drug-likeness (QED) is 0.564. The number of aromatic carboxylic acids is 1. The largest absolute Gasteiger partial charge is 0.475 e. The zero-order valence-corrected chi connectivity index (χ0v) is 7.10. The molecule has 0 amide bonds. The average molecular weight is 197 g/mol. The average Bonchev–Trinajstić information content (AvgIpc) is 2.62. The van der Waals surface area contributed by atoms with Crippen molar-refractivity contribution in [2.45, 2.75) is 0 Å². The molecule has 14 heavy (non-hydrogen) atoms. The van der Waals surface area contributed by atoms with Gasteiger partial charge in [0.2, 0.25) is 5.76 Å². The van der Waals surface area contributed by atoms with Crippen molar-refractivity contribution in [1.29, 1.82) is 0 Å². The molecule has 0 aromatic carbocycles. The van der Waals surface area contributed by atoms with Gasteiger partial charge < -0.3 is 14.4 Å². The number of aromatic nitrogens is 1. The summed E-state index contributed by atoms with van der Waals surface area (Å²) in [6.07, 6.45) is 1.39. The molecule has 0 fully saturated rings. The van der Waals surface area contributed by atoms with Gasteiger partial charge in [0.1, 0.15) is 6.61 Å². The Labute approximate surface area is 78.8 Å². The number of carboxylic acids is 1. The topological polar surface area (TPSA) is 89.6 Å². The zero-order valence-electron chi connectivity index (χ0n) is 7.10. The molecule has 6 heteroatoms. The molecule has 74 valence electrons. The molecule has 0 saturated carbocycles. The van der Waals surface area contributed by atoms with Crippen LogP contribution in [0, 0.1) is 0 Å². The van der Waals surface area contributed by atoms with Gasteiger partial charge in [0.15, 0.2) is 5.69 Å². The Kier molecular flexibility index (Phi) is 3.01. The highest BCUT2D eigenvalue weighted by Gasteiger charge is 2.16. The molecule has 0 aliphatic heterocycles. The van der Waals surface area contributed by atoms with Crippen LogP contribution in [0.1, 0.15) is 21.0 Å². The summed E-state index contributed by atoms with van der Waals surface area (Å²) in [6, 6.07) is 0.994. The number of ether oxygens (including phenoxy) is 1. The molecule has 1 rings (SSSR count). The van der Waals surface area contributed by atoms with Crippen molar-refractivity contribution < 1.29 is 24.0 Å². The Bertz CT molecular complexity index is 368. The molecule has 0 bridgehead atoms. The molecule has 0 aliphatic carbocycles. The lowest BCUT2D eigenvalue weighted by Gasteiger charge is -1.95. The van der Waals surface area contributed by atoms with Crippen molar-refractivity contribution in [3.8, 4) is 0 Å². The third-order valence-electron chi connectivity index (χ3n) is 1.26. The van der Waals surface area contributed by atoms with Crippen LogP contribution in [0.5, 0.6) is 0 Å². The van der Waals surface area contributed by atoms with Crippen LogP contribution in [0.25, 0.3) is 0 Å². The third-order valence-corrected chi connectivity index (χ3v) is 1.26. The van der Waals surface area contributed by atoms with Gasteiger partial charge in [-0.25, -0.2) is 9.59 Å². The molecule has 0 spiro atoms. The first-order chi connectivity index (χ1) is 6.65. The molecule has 1 aromatic rings. The number of esters is 1. The summed E-state index contributed by atoms with van der Waals surface area (Å²) in [5, 5.41) is 11.7. The van der Waals surface area contributed by atoms with E-state index < -0.39 is 17.7 Å². The first-order valence-corrected chi connectivity index (χ1v) is 3.63. The van der Waals surface area contributed by atoms with E-state index in [9.17, 15) is 9.59 Å². The predicted octanol–water partition coefficient (Wildman–Crippen LogP) is 0.716. The van der Waals surface area contributed by atoms with Gasteiger partial charge in [0, 0.05) is 6.07 Å². The fraction of sp³-hybridized carbons (Fsp3) is 0.125. The second-order valence-corrected chi connectivity index (χ2v) is 2.27. The van der Waals surface area contributed by atoms with Gasteiger partial charge in [-0.15, -0.1) is 0 Å². The lowest BCUT2D eigenvalue weighted by Crippen LogP contribution is -2.05. The van der Waals surface area contributed by atoms with Gasteiger partial charge in [-0.3, -0.25) is 0 Å². The Balaban J connectivity index is 2.71. The van der Waals surface area contributed by atoms with Crippen LogP contribution in [-0.2, 0) is 4.74 Å². The molecule has 0 unspecified atom stereocenters. The van der Waals surface area contributed by atoms with E-state index in [1.54, 1.807) is 0 Å². The maximum absolute atomic E-state index is 11.1. The Morgan fingerprint density at radius 2 is 2.43 bits per heavy atom. The fourth-order valence-corrected chi connectivity index (χ4v) is 0.681. The van der Waals surface area contributed by atoms with Crippen molar-refractivity contribution in [3.05, 3.63) is 30.2 Å². The van der Waals surface area contributed by atoms with Crippen molar-refractivity contribution in [2.75, 3.05) is 6.61 Å². The number of hydrogen-bond acceptors (Lipinski definition) is 5. The van der Waals surface area contributed by atoms with E-state index in [2.05, 4.69) is 21.0 Å². The number of rotatable bonds is 4. The second kappa shape index (κ2) is 4.22. The first kappa shape index (κ1) is 9.97. The Morgan fingerprint density at radius 1 is 1.71 bits per heavy atom. The maximum atomic E-state index is 11.1. The SMILES string of the molecule is C=CCOC(=O)c1cc(C(=O)O)on1. The Hall–Kier alpha value is -2.11. The maximum Gasteiger partial charge on any atom is 0.374 e. The predicted molar refractivity (Wildman–Crippen MR) is 43.9 cm³/mol. The summed E-state index contributed by atoms with van der Waals surface area (Å²) < 4.78 is 8.95. The smallest absolute Gasteiger partial charge is 0.374 e. The van der Waals surface area contributed by atoms with E-state index in [0.717, 1.165) is 6.07 Å². The van der Waals surface area contributed by atoms with Gasteiger partial charge in [-0.1, -0.05) is 17.8 Å². The third kappa shape index (κ3) is 2.19. The molecule has 1 heterocycles. The molecule has 1 aromatic heterocycles. The summed E-state index contributed by atoms with van der Waals surface area (Å²) in [5.74, 6) is -2.45. The minimum absolute atomic E-state index is 0.0358. The highest BCUT2D eigenvalue weighted by molar-refractivity contribution is 5.91. The van der Waals surface area contributed by atoms with E-state index in [1.165, 1.54) is 6.08 Å². The summed E-state index contributed by atoms with van der Waals surface area (Å²) in [6.45, 7) is 3.38. The van der Waals surface area contributed by atoms with E-state index in [-0.39, 0.29) is 12.3 Å². The highest BCUT2D eigenvalue weighted by Crippen LogP contribution is 2.04. The summed E-state index contributed by atoms with van der Waals surface area (Å²) in [4.78, 5) is 21.4. The molecule has 0 radical (unpaired) electrons. The van der Waals surface area contributed by atoms with E-state index in [4.69, 9.17) is 5.11 Å². The normalized spacial score (nSPS) is 9.43. The van der Waals surface area contributed by atoms with Crippen LogP contribution in [0.3, 0.4) is 0 Å². The van der Waals surface area contributed by atoms with E-state index >= 15 is 0 Å². The van der Waals surface area contributed by atoms with Gasteiger partial charge in [0.05, 0.1) is 0 Å².